The second-order valence-electron chi connectivity index (χ2n) is 3.70. The van der Waals surface area contributed by atoms with Crippen LogP contribution in [-0.4, -0.2) is 18.0 Å². The molecule has 2 rings (SSSR count). The first kappa shape index (κ1) is 12.6. The number of hydrogen-bond acceptors (Lipinski definition) is 4. The number of benzene rings is 1. The molecule has 0 atom stereocenters. The van der Waals surface area contributed by atoms with Gasteiger partial charge in [0.05, 0.1) is 23.9 Å². The van der Waals surface area contributed by atoms with Crippen molar-refractivity contribution in [1.29, 1.82) is 5.26 Å². The Morgan fingerprint density at radius 1 is 1.32 bits per heavy atom. The summed E-state index contributed by atoms with van der Waals surface area (Å²) < 4.78 is 4.92. The Labute approximate surface area is 110 Å². The summed E-state index contributed by atoms with van der Waals surface area (Å²) in [5, 5.41) is 11.6. The van der Waals surface area contributed by atoms with Crippen LogP contribution in [0.1, 0.15) is 15.9 Å². The van der Waals surface area contributed by atoms with E-state index in [1.807, 2.05) is 6.07 Å². The van der Waals surface area contributed by atoms with Gasteiger partial charge in [0, 0.05) is 12.3 Å². The topological polar surface area (TPSA) is 75.0 Å². The number of carbonyl (C=O) groups excluding carboxylic acids is 1. The molecule has 0 radical (unpaired) electrons. The molecular formula is C14H11N3O2. The number of pyridine rings is 1. The number of methoxy groups -OCH3 is 1. The van der Waals surface area contributed by atoms with Gasteiger partial charge in [-0.15, -0.1) is 0 Å². The van der Waals surface area contributed by atoms with Gasteiger partial charge in [-0.3, -0.25) is 4.79 Å². The molecule has 1 amide bonds. The van der Waals surface area contributed by atoms with Gasteiger partial charge in [-0.05, 0) is 18.2 Å². The fraction of sp³-hybridized carbons (Fsp3) is 0.0714. The maximum Gasteiger partial charge on any atom is 0.257 e. The molecule has 0 aliphatic heterocycles. The second kappa shape index (κ2) is 5.65. The minimum atomic E-state index is -0.321. The third kappa shape index (κ3) is 2.87. The number of nitrogens with one attached hydrogen (secondary N) is 1. The summed E-state index contributed by atoms with van der Waals surface area (Å²) in [5.41, 5.74) is 1.29. The summed E-state index contributed by atoms with van der Waals surface area (Å²) in [5.74, 6) is 0.117. The van der Waals surface area contributed by atoms with Crippen LogP contribution in [0.3, 0.4) is 0 Å². The number of anilines is 1. The molecule has 1 aromatic carbocycles. The molecule has 0 bridgehead atoms. The fourth-order valence-electron chi connectivity index (χ4n) is 1.52. The van der Waals surface area contributed by atoms with Crippen molar-refractivity contribution in [2.45, 2.75) is 0 Å². The van der Waals surface area contributed by atoms with E-state index in [9.17, 15) is 4.79 Å². The van der Waals surface area contributed by atoms with Crippen LogP contribution in [0, 0.1) is 11.3 Å². The van der Waals surface area contributed by atoms with E-state index in [0.29, 0.717) is 22.7 Å². The molecule has 0 aliphatic carbocycles. The average molecular weight is 253 g/mol. The molecule has 0 fully saturated rings. The first-order valence-electron chi connectivity index (χ1n) is 5.55. The SMILES string of the molecule is COc1ccc(C(=O)Nc2ccccc2C#N)cn1. The fourth-order valence-corrected chi connectivity index (χ4v) is 1.52. The third-order valence-electron chi connectivity index (χ3n) is 2.50. The summed E-state index contributed by atoms with van der Waals surface area (Å²) in [7, 11) is 1.51. The molecule has 0 saturated heterocycles. The van der Waals surface area contributed by atoms with Crippen LogP contribution in [0.25, 0.3) is 0 Å². The Morgan fingerprint density at radius 3 is 2.74 bits per heavy atom. The lowest BCUT2D eigenvalue weighted by atomic mass is 10.2. The zero-order chi connectivity index (χ0) is 13.7. The van der Waals surface area contributed by atoms with Crippen LogP contribution in [0.4, 0.5) is 5.69 Å². The number of ether oxygens (including phenoxy) is 1. The Hall–Kier alpha value is -2.87. The van der Waals surface area contributed by atoms with E-state index in [4.69, 9.17) is 10.00 Å². The van der Waals surface area contributed by atoms with E-state index in [-0.39, 0.29) is 5.91 Å². The van der Waals surface area contributed by atoms with E-state index in [1.54, 1.807) is 36.4 Å². The monoisotopic (exact) mass is 253 g/mol. The van der Waals surface area contributed by atoms with Gasteiger partial charge in [0.25, 0.3) is 5.91 Å². The first-order valence-corrected chi connectivity index (χ1v) is 5.55. The molecule has 94 valence electrons. The lowest BCUT2D eigenvalue weighted by molar-refractivity contribution is 0.102. The van der Waals surface area contributed by atoms with Gasteiger partial charge in [0.1, 0.15) is 6.07 Å². The molecule has 1 heterocycles. The van der Waals surface area contributed by atoms with E-state index >= 15 is 0 Å². The first-order chi connectivity index (χ1) is 9.24. The van der Waals surface area contributed by atoms with Gasteiger partial charge in [-0.25, -0.2) is 4.98 Å². The number of aromatic nitrogens is 1. The van der Waals surface area contributed by atoms with Crippen molar-refractivity contribution in [2.75, 3.05) is 12.4 Å². The Balaban J connectivity index is 2.18. The highest BCUT2D eigenvalue weighted by molar-refractivity contribution is 6.04. The predicted octanol–water partition coefficient (Wildman–Crippen LogP) is 2.21. The number of nitriles is 1. The number of amides is 1. The van der Waals surface area contributed by atoms with Gasteiger partial charge < -0.3 is 10.1 Å². The predicted molar refractivity (Wildman–Crippen MR) is 69.9 cm³/mol. The molecule has 0 unspecified atom stereocenters. The van der Waals surface area contributed by atoms with Crippen LogP contribution in [0.15, 0.2) is 42.6 Å². The van der Waals surface area contributed by atoms with Crippen molar-refractivity contribution in [3.8, 4) is 11.9 Å². The van der Waals surface area contributed by atoms with E-state index in [0.717, 1.165) is 0 Å². The van der Waals surface area contributed by atoms with Gasteiger partial charge in [-0.2, -0.15) is 5.26 Å². The van der Waals surface area contributed by atoms with Crippen LogP contribution in [-0.2, 0) is 0 Å². The molecule has 5 heteroatoms. The number of rotatable bonds is 3. The quantitative estimate of drug-likeness (QED) is 0.910. The van der Waals surface area contributed by atoms with Crippen molar-refractivity contribution in [1.82, 2.24) is 4.98 Å². The molecule has 0 aliphatic rings. The van der Waals surface area contributed by atoms with E-state index < -0.39 is 0 Å². The van der Waals surface area contributed by atoms with Crippen molar-refractivity contribution in [3.63, 3.8) is 0 Å². The summed E-state index contributed by atoms with van der Waals surface area (Å²) >= 11 is 0. The smallest absolute Gasteiger partial charge is 0.257 e. The largest absolute Gasteiger partial charge is 0.481 e. The molecule has 0 spiro atoms. The van der Waals surface area contributed by atoms with Crippen LogP contribution < -0.4 is 10.1 Å². The summed E-state index contributed by atoms with van der Waals surface area (Å²) in [4.78, 5) is 15.9. The Kier molecular flexibility index (Phi) is 3.74. The highest BCUT2D eigenvalue weighted by Crippen LogP contribution is 2.15. The normalized spacial score (nSPS) is 9.47. The summed E-state index contributed by atoms with van der Waals surface area (Å²) in [6, 6.07) is 12.0. The van der Waals surface area contributed by atoms with E-state index in [2.05, 4.69) is 10.3 Å². The van der Waals surface area contributed by atoms with E-state index in [1.165, 1.54) is 13.3 Å². The zero-order valence-corrected chi connectivity index (χ0v) is 10.3. The molecule has 0 saturated carbocycles. The van der Waals surface area contributed by atoms with Gasteiger partial charge in [0.2, 0.25) is 5.88 Å². The average Bonchev–Trinajstić information content (AvgIpc) is 2.48. The highest BCUT2D eigenvalue weighted by Gasteiger charge is 2.09. The molecule has 1 N–H and O–H groups in total. The van der Waals surface area contributed by atoms with Crippen molar-refractivity contribution >= 4 is 11.6 Å². The molecular weight excluding hydrogens is 242 g/mol. The maximum absolute atomic E-state index is 12.0. The van der Waals surface area contributed by atoms with Crippen molar-refractivity contribution in [3.05, 3.63) is 53.7 Å². The van der Waals surface area contributed by atoms with Crippen molar-refractivity contribution < 1.29 is 9.53 Å². The number of nitrogens with zero attached hydrogens (tertiary/aromatic N) is 2. The Morgan fingerprint density at radius 2 is 2.11 bits per heavy atom. The maximum atomic E-state index is 12.0. The minimum Gasteiger partial charge on any atom is -0.481 e. The lowest BCUT2D eigenvalue weighted by Gasteiger charge is -2.06. The van der Waals surface area contributed by atoms with Crippen LogP contribution >= 0.6 is 0 Å². The standard InChI is InChI=1S/C14H11N3O2/c1-19-13-7-6-11(9-16-13)14(18)17-12-5-3-2-4-10(12)8-15/h2-7,9H,1H3,(H,17,18). The summed E-state index contributed by atoms with van der Waals surface area (Å²) in [6.45, 7) is 0. The number of carbonyl (C=O) groups is 1. The highest BCUT2D eigenvalue weighted by atomic mass is 16.5. The van der Waals surface area contributed by atoms with Gasteiger partial charge in [0.15, 0.2) is 0 Å². The zero-order valence-electron chi connectivity index (χ0n) is 10.3. The minimum absolute atomic E-state index is 0.321. The van der Waals surface area contributed by atoms with Crippen molar-refractivity contribution in [2.24, 2.45) is 0 Å². The Bertz CT molecular complexity index is 630. The molecule has 19 heavy (non-hydrogen) atoms. The number of hydrogen-bond donors (Lipinski definition) is 1. The van der Waals surface area contributed by atoms with Crippen LogP contribution in [0.5, 0.6) is 5.88 Å². The second-order valence-corrected chi connectivity index (χ2v) is 3.70. The third-order valence-corrected chi connectivity index (χ3v) is 2.50. The molecule has 1 aromatic heterocycles. The summed E-state index contributed by atoms with van der Waals surface area (Å²) in [6.07, 6.45) is 1.42. The van der Waals surface area contributed by atoms with Crippen LogP contribution in [0.2, 0.25) is 0 Å². The van der Waals surface area contributed by atoms with Gasteiger partial charge in [-0.1, -0.05) is 12.1 Å². The number of para-hydroxylation sites is 1. The molecule has 2 aromatic rings. The van der Waals surface area contributed by atoms with Gasteiger partial charge >= 0.3 is 0 Å². The lowest BCUT2D eigenvalue weighted by Crippen LogP contribution is -2.13. The molecule has 5 nitrogen and oxygen atoms in total.